The molecule has 2 aliphatic rings. The largest absolute Gasteiger partial charge is 0.476 e. The molecule has 7 nitrogen and oxygen atoms in total. The summed E-state index contributed by atoms with van der Waals surface area (Å²) in [5.74, 6) is -0.549. The second-order valence-corrected chi connectivity index (χ2v) is 10.2. The van der Waals surface area contributed by atoms with Crippen LogP contribution in [-0.4, -0.2) is 46.3 Å². The van der Waals surface area contributed by atoms with Gasteiger partial charge in [-0.15, -0.1) is 0 Å². The molecule has 2 aromatic rings. The van der Waals surface area contributed by atoms with E-state index in [0.29, 0.717) is 39.8 Å². The molecular formula is C25H27Cl2N3O4. The highest BCUT2D eigenvalue weighted by Gasteiger charge is 2.45. The number of primary amides is 1. The number of piperidine rings is 1. The summed E-state index contributed by atoms with van der Waals surface area (Å²) < 4.78 is 5.90. The number of halogens is 2. The van der Waals surface area contributed by atoms with E-state index in [1.165, 1.54) is 0 Å². The van der Waals surface area contributed by atoms with E-state index in [2.05, 4.69) is 5.32 Å². The third kappa shape index (κ3) is 5.00. The molecule has 2 saturated heterocycles. The fraction of sp³-hybridized carbons (Fsp3) is 0.400. The maximum Gasteiger partial charge on any atom is 0.263 e. The van der Waals surface area contributed by atoms with Gasteiger partial charge in [0.05, 0.1) is 5.02 Å². The van der Waals surface area contributed by atoms with E-state index in [-0.39, 0.29) is 29.9 Å². The normalized spacial score (nSPS) is 21.8. The highest BCUT2D eigenvalue weighted by molar-refractivity contribution is 6.35. The molecule has 3 amide bonds. The van der Waals surface area contributed by atoms with Gasteiger partial charge in [-0.3, -0.25) is 14.4 Å². The van der Waals surface area contributed by atoms with Crippen molar-refractivity contribution in [2.45, 2.75) is 63.3 Å². The molecule has 3 atom stereocenters. The number of ether oxygens (including phenoxy) is 1. The topological polar surface area (TPSA) is 102 Å². The number of nitrogens with one attached hydrogen (secondary N) is 1. The van der Waals surface area contributed by atoms with E-state index in [9.17, 15) is 14.4 Å². The highest BCUT2D eigenvalue weighted by atomic mass is 35.5. The summed E-state index contributed by atoms with van der Waals surface area (Å²) in [4.78, 5) is 39.7. The number of rotatable bonds is 6. The zero-order valence-electron chi connectivity index (χ0n) is 19.0. The Balaban J connectivity index is 1.41. The van der Waals surface area contributed by atoms with Gasteiger partial charge in [0.25, 0.3) is 11.8 Å². The number of amides is 3. The smallest absolute Gasteiger partial charge is 0.263 e. The van der Waals surface area contributed by atoms with Crippen molar-refractivity contribution in [2.75, 3.05) is 0 Å². The molecule has 0 aromatic heterocycles. The third-order valence-corrected chi connectivity index (χ3v) is 7.03. The summed E-state index contributed by atoms with van der Waals surface area (Å²) in [6, 6.07) is 11.3. The molecular weight excluding hydrogens is 477 g/mol. The monoisotopic (exact) mass is 503 g/mol. The van der Waals surface area contributed by atoms with Crippen molar-refractivity contribution in [1.82, 2.24) is 10.2 Å². The van der Waals surface area contributed by atoms with Gasteiger partial charge in [-0.05, 0) is 75.9 Å². The van der Waals surface area contributed by atoms with Gasteiger partial charge in [-0.1, -0.05) is 29.3 Å². The number of benzene rings is 2. The molecule has 0 radical (unpaired) electrons. The summed E-state index contributed by atoms with van der Waals surface area (Å²) in [6.45, 7) is 3.37. The van der Waals surface area contributed by atoms with E-state index in [0.717, 1.165) is 12.8 Å². The second kappa shape index (κ2) is 9.47. The average molecular weight is 504 g/mol. The van der Waals surface area contributed by atoms with Gasteiger partial charge in [-0.2, -0.15) is 0 Å². The van der Waals surface area contributed by atoms with Crippen molar-refractivity contribution < 1.29 is 19.1 Å². The summed E-state index contributed by atoms with van der Waals surface area (Å²) >= 11 is 12.1. The van der Waals surface area contributed by atoms with Crippen LogP contribution in [0.25, 0.3) is 0 Å². The standard InChI is InChI=1S/C25H27Cl2N3O4/c1-25(2,34-21-9-6-16(26)11-20(21)27)24(33)29-17-12-18-7-8-19(13-17)30(18)23(32)15-5-3-4-14(10-15)22(28)31/h3-6,9-11,17-19H,7-8,12-13H2,1-2H3,(H2,28,31)(H,29,33)/t17-,18+,19-. The first kappa shape index (κ1) is 24.4. The number of nitrogens with two attached hydrogens (primary N) is 1. The summed E-state index contributed by atoms with van der Waals surface area (Å²) in [5.41, 5.74) is 4.97. The predicted octanol–water partition coefficient (Wildman–Crippen LogP) is 4.20. The minimum absolute atomic E-state index is 0.0172. The molecule has 2 bridgehead atoms. The molecule has 4 rings (SSSR count). The molecule has 0 unspecified atom stereocenters. The predicted molar refractivity (Wildman–Crippen MR) is 130 cm³/mol. The molecule has 2 fully saturated rings. The molecule has 3 N–H and O–H groups in total. The lowest BCUT2D eigenvalue weighted by Gasteiger charge is -2.40. The second-order valence-electron chi connectivity index (χ2n) is 9.37. The highest BCUT2D eigenvalue weighted by Crippen LogP contribution is 2.37. The number of fused-ring (bicyclic) bond motifs is 2. The SMILES string of the molecule is CC(C)(Oc1ccc(Cl)cc1Cl)C(=O)N[C@H]1C[C@H]2CC[C@@H](C1)N2C(=O)c1cccc(C(N)=O)c1. The van der Waals surface area contributed by atoms with Gasteiger partial charge in [0.15, 0.2) is 5.60 Å². The zero-order valence-corrected chi connectivity index (χ0v) is 20.5. The van der Waals surface area contributed by atoms with Gasteiger partial charge in [0.1, 0.15) is 5.75 Å². The van der Waals surface area contributed by atoms with Crippen LogP contribution in [0.2, 0.25) is 10.0 Å². The van der Waals surface area contributed by atoms with Crippen LogP contribution >= 0.6 is 23.2 Å². The summed E-state index contributed by atoms with van der Waals surface area (Å²) in [6.07, 6.45) is 3.06. The number of hydrogen-bond acceptors (Lipinski definition) is 4. The van der Waals surface area contributed by atoms with Crippen molar-refractivity contribution in [3.63, 3.8) is 0 Å². The van der Waals surface area contributed by atoms with Crippen molar-refractivity contribution in [2.24, 2.45) is 5.73 Å². The first-order valence-corrected chi connectivity index (χ1v) is 12.0. The number of carbonyl (C=O) groups is 3. The van der Waals surface area contributed by atoms with E-state index >= 15 is 0 Å². The average Bonchev–Trinajstić information content (AvgIpc) is 3.05. The number of nitrogens with zero attached hydrogens (tertiary/aromatic N) is 1. The molecule has 2 aromatic carbocycles. The maximum atomic E-state index is 13.2. The van der Waals surface area contributed by atoms with Crippen LogP contribution < -0.4 is 15.8 Å². The van der Waals surface area contributed by atoms with Crippen LogP contribution in [0.3, 0.4) is 0 Å². The Kier molecular flexibility index (Phi) is 6.78. The van der Waals surface area contributed by atoms with Gasteiger partial charge >= 0.3 is 0 Å². The van der Waals surface area contributed by atoms with Gasteiger partial charge in [0.2, 0.25) is 5.91 Å². The fourth-order valence-corrected chi connectivity index (χ4v) is 5.27. The molecule has 2 aliphatic heterocycles. The lowest BCUT2D eigenvalue weighted by atomic mass is 9.95. The molecule has 34 heavy (non-hydrogen) atoms. The van der Waals surface area contributed by atoms with Gasteiger partial charge in [0, 0.05) is 34.3 Å². The Morgan fingerprint density at radius 3 is 2.29 bits per heavy atom. The Labute approximate surface area is 208 Å². The van der Waals surface area contributed by atoms with Crippen LogP contribution in [0, 0.1) is 0 Å². The molecule has 180 valence electrons. The Hall–Kier alpha value is -2.77. The maximum absolute atomic E-state index is 13.2. The van der Waals surface area contributed by atoms with Crippen molar-refractivity contribution in [1.29, 1.82) is 0 Å². The summed E-state index contributed by atoms with van der Waals surface area (Å²) in [7, 11) is 0. The third-order valence-electron chi connectivity index (χ3n) is 6.50. The van der Waals surface area contributed by atoms with E-state index < -0.39 is 11.5 Å². The van der Waals surface area contributed by atoms with Crippen LogP contribution in [0.1, 0.15) is 60.2 Å². The lowest BCUT2D eigenvalue weighted by molar-refractivity contribution is -0.135. The van der Waals surface area contributed by atoms with Crippen LogP contribution in [0.15, 0.2) is 42.5 Å². The Morgan fingerprint density at radius 2 is 1.68 bits per heavy atom. The van der Waals surface area contributed by atoms with Crippen molar-refractivity contribution in [3.8, 4) is 5.75 Å². The molecule has 0 saturated carbocycles. The minimum Gasteiger partial charge on any atom is -0.476 e. The van der Waals surface area contributed by atoms with Gasteiger partial charge < -0.3 is 20.7 Å². The molecule has 9 heteroatoms. The van der Waals surface area contributed by atoms with Crippen molar-refractivity contribution in [3.05, 3.63) is 63.6 Å². The number of carbonyl (C=O) groups excluding carboxylic acids is 3. The van der Waals surface area contributed by atoms with E-state index in [4.69, 9.17) is 33.7 Å². The lowest BCUT2D eigenvalue weighted by Crippen LogP contribution is -2.56. The van der Waals surface area contributed by atoms with Gasteiger partial charge in [-0.25, -0.2) is 0 Å². The van der Waals surface area contributed by atoms with E-state index in [1.54, 1.807) is 56.3 Å². The Morgan fingerprint density at radius 1 is 1.03 bits per heavy atom. The minimum atomic E-state index is -1.15. The first-order chi connectivity index (χ1) is 16.0. The summed E-state index contributed by atoms with van der Waals surface area (Å²) in [5, 5.41) is 3.92. The Bertz CT molecular complexity index is 1120. The first-order valence-electron chi connectivity index (χ1n) is 11.2. The molecule has 0 spiro atoms. The zero-order chi connectivity index (χ0) is 24.6. The quantitative estimate of drug-likeness (QED) is 0.616. The van der Waals surface area contributed by atoms with E-state index in [1.807, 2.05) is 4.90 Å². The van der Waals surface area contributed by atoms with Crippen LogP contribution in [-0.2, 0) is 4.79 Å². The fourth-order valence-electron chi connectivity index (χ4n) is 4.82. The van der Waals surface area contributed by atoms with Crippen LogP contribution in [0.4, 0.5) is 0 Å². The van der Waals surface area contributed by atoms with Crippen molar-refractivity contribution >= 4 is 40.9 Å². The molecule has 0 aliphatic carbocycles. The van der Waals surface area contributed by atoms with Crippen LogP contribution in [0.5, 0.6) is 5.75 Å². The molecule has 2 heterocycles. The number of hydrogen-bond donors (Lipinski definition) is 2.